The van der Waals surface area contributed by atoms with Crippen LogP contribution in [0.1, 0.15) is 26.3 Å². The van der Waals surface area contributed by atoms with E-state index in [1.54, 1.807) is 13.2 Å². The highest BCUT2D eigenvalue weighted by Crippen LogP contribution is 2.23. The monoisotopic (exact) mass is 255 g/mol. The van der Waals surface area contributed by atoms with Crippen molar-refractivity contribution >= 4 is 0 Å². The van der Waals surface area contributed by atoms with Crippen molar-refractivity contribution in [1.82, 2.24) is 5.32 Å². The van der Waals surface area contributed by atoms with Gasteiger partial charge in [-0.3, -0.25) is 0 Å². The standard InChI is InChI=1S/C14H22FNO2/c1-10(2)16-8-12-6-5-7-13(15)14(12)18-9-11(3)17-4/h5-7,10-11,16H,8-9H2,1-4H3. The van der Waals surface area contributed by atoms with E-state index in [0.29, 0.717) is 24.9 Å². The number of nitrogens with one attached hydrogen (secondary N) is 1. The number of methoxy groups -OCH3 is 1. The van der Waals surface area contributed by atoms with E-state index in [1.807, 2.05) is 26.8 Å². The molecule has 1 N–H and O–H groups in total. The summed E-state index contributed by atoms with van der Waals surface area (Å²) in [6.07, 6.45) is -0.0597. The van der Waals surface area contributed by atoms with Crippen molar-refractivity contribution < 1.29 is 13.9 Å². The normalized spacial score (nSPS) is 12.8. The quantitative estimate of drug-likeness (QED) is 0.812. The lowest BCUT2D eigenvalue weighted by atomic mass is 10.2. The van der Waals surface area contributed by atoms with E-state index >= 15 is 0 Å². The maximum Gasteiger partial charge on any atom is 0.165 e. The number of benzene rings is 1. The van der Waals surface area contributed by atoms with E-state index in [1.165, 1.54) is 6.07 Å². The lowest BCUT2D eigenvalue weighted by Crippen LogP contribution is -2.23. The minimum absolute atomic E-state index is 0.0597. The van der Waals surface area contributed by atoms with Gasteiger partial charge in [-0.2, -0.15) is 0 Å². The van der Waals surface area contributed by atoms with Gasteiger partial charge in [0.1, 0.15) is 6.61 Å². The number of halogens is 1. The number of ether oxygens (including phenoxy) is 2. The van der Waals surface area contributed by atoms with Crippen molar-refractivity contribution in [2.75, 3.05) is 13.7 Å². The second-order valence-corrected chi connectivity index (χ2v) is 4.62. The van der Waals surface area contributed by atoms with Gasteiger partial charge < -0.3 is 14.8 Å². The molecular weight excluding hydrogens is 233 g/mol. The van der Waals surface area contributed by atoms with Crippen LogP contribution in [-0.2, 0) is 11.3 Å². The Morgan fingerprint density at radius 2 is 2.00 bits per heavy atom. The zero-order valence-electron chi connectivity index (χ0n) is 11.5. The van der Waals surface area contributed by atoms with E-state index in [4.69, 9.17) is 9.47 Å². The van der Waals surface area contributed by atoms with Crippen LogP contribution in [0.15, 0.2) is 18.2 Å². The lowest BCUT2D eigenvalue weighted by Gasteiger charge is -2.16. The third kappa shape index (κ3) is 4.63. The van der Waals surface area contributed by atoms with Gasteiger partial charge in [0.15, 0.2) is 11.6 Å². The van der Waals surface area contributed by atoms with Crippen LogP contribution < -0.4 is 10.1 Å². The topological polar surface area (TPSA) is 30.5 Å². The summed E-state index contributed by atoms with van der Waals surface area (Å²) in [5.41, 5.74) is 0.826. The highest BCUT2D eigenvalue weighted by atomic mass is 19.1. The van der Waals surface area contributed by atoms with Crippen LogP contribution in [0.2, 0.25) is 0 Å². The van der Waals surface area contributed by atoms with Gasteiger partial charge in [-0.15, -0.1) is 0 Å². The molecule has 0 aliphatic heterocycles. The molecule has 18 heavy (non-hydrogen) atoms. The Labute approximate surface area is 108 Å². The summed E-state index contributed by atoms with van der Waals surface area (Å²) < 4.78 is 24.3. The molecule has 0 spiro atoms. The first-order valence-electron chi connectivity index (χ1n) is 6.21. The summed E-state index contributed by atoms with van der Waals surface area (Å²) in [6, 6.07) is 5.31. The molecule has 0 radical (unpaired) electrons. The van der Waals surface area contributed by atoms with Gasteiger partial charge in [-0.25, -0.2) is 4.39 Å². The van der Waals surface area contributed by atoms with Gasteiger partial charge in [0, 0.05) is 25.3 Å². The van der Waals surface area contributed by atoms with Crippen LogP contribution in [0.3, 0.4) is 0 Å². The lowest BCUT2D eigenvalue weighted by molar-refractivity contribution is 0.0697. The molecule has 0 bridgehead atoms. The number of para-hydroxylation sites is 1. The van der Waals surface area contributed by atoms with Crippen molar-refractivity contribution in [2.24, 2.45) is 0 Å². The van der Waals surface area contributed by atoms with E-state index in [-0.39, 0.29) is 11.9 Å². The molecule has 1 atom stereocenters. The van der Waals surface area contributed by atoms with E-state index in [9.17, 15) is 4.39 Å². The molecule has 1 unspecified atom stereocenters. The molecule has 0 amide bonds. The van der Waals surface area contributed by atoms with Crippen LogP contribution in [0.25, 0.3) is 0 Å². The average Bonchev–Trinajstić information content (AvgIpc) is 2.34. The average molecular weight is 255 g/mol. The SMILES string of the molecule is COC(C)COc1c(F)cccc1CNC(C)C. The predicted octanol–water partition coefficient (Wildman–Crippen LogP) is 2.74. The molecule has 3 nitrogen and oxygen atoms in total. The highest BCUT2D eigenvalue weighted by molar-refractivity contribution is 5.35. The van der Waals surface area contributed by atoms with Crippen molar-refractivity contribution in [3.63, 3.8) is 0 Å². The molecule has 1 rings (SSSR count). The fraction of sp³-hybridized carbons (Fsp3) is 0.571. The minimum atomic E-state index is -0.332. The van der Waals surface area contributed by atoms with Crippen LogP contribution in [-0.4, -0.2) is 25.9 Å². The molecular formula is C14H22FNO2. The molecule has 1 aromatic rings. The summed E-state index contributed by atoms with van der Waals surface area (Å²) in [4.78, 5) is 0. The Morgan fingerprint density at radius 1 is 1.28 bits per heavy atom. The van der Waals surface area contributed by atoms with Crippen LogP contribution in [0, 0.1) is 5.82 Å². The second kappa shape index (κ2) is 7.34. The Bertz CT molecular complexity index is 369. The number of rotatable bonds is 7. The Kier molecular flexibility index (Phi) is 6.09. The largest absolute Gasteiger partial charge is 0.487 e. The third-order valence-corrected chi connectivity index (χ3v) is 2.61. The van der Waals surface area contributed by atoms with Crippen LogP contribution in [0.5, 0.6) is 5.75 Å². The van der Waals surface area contributed by atoms with Crippen molar-refractivity contribution in [1.29, 1.82) is 0 Å². The molecule has 0 aliphatic rings. The van der Waals surface area contributed by atoms with Gasteiger partial charge in [-0.1, -0.05) is 26.0 Å². The van der Waals surface area contributed by atoms with E-state index in [0.717, 1.165) is 5.56 Å². The summed E-state index contributed by atoms with van der Waals surface area (Å²) in [5.74, 6) is -0.0177. The summed E-state index contributed by atoms with van der Waals surface area (Å²) in [5, 5.41) is 3.25. The van der Waals surface area contributed by atoms with Gasteiger partial charge in [0.25, 0.3) is 0 Å². The molecule has 102 valence electrons. The van der Waals surface area contributed by atoms with Gasteiger partial charge in [-0.05, 0) is 13.0 Å². The van der Waals surface area contributed by atoms with Gasteiger partial charge >= 0.3 is 0 Å². The smallest absolute Gasteiger partial charge is 0.165 e. The molecule has 0 aromatic heterocycles. The van der Waals surface area contributed by atoms with Crippen molar-refractivity contribution in [2.45, 2.75) is 39.5 Å². The Balaban J connectivity index is 2.73. The molecule has 0 saturated carbocycles. The molecule has 4 heteroatoms. The fourth-order valence-corrected chi connectivity index (χ4v) is 1.44. The maximum atomic E-state index is 13.7. The van der Waals surface area contributed by atoms with E-state index in [2.05, 4.69) is 5.32 Å². The summed E-state index contributed by atoms with van der Waals surface area (Å²) >= 11 is 0. The molecule has 0 saturated heterocycles. The molecule has 0 aliphatic carbocycles. The molecule has 0 heterocycles. The first-order chi connectivity index (χ1) is 8.54. The first-order valence-corrected chi connectivity index (χ1v) is 6.21. The van der Waals surface area contributed by atoms with Crippen molar-refractivity contribution in [3.05, 3.63) is 29.6 Å². The summed E-state index contributed by atoms with van der Waals surface area (Å²) in [7, 11) is 1.61. The zero-order chi connectivity index (χ0) is 13.5. The van der Waals surface area contributed by atoms with Gasteiger partial charge in [0.05, 0.1) is 6.10 Å². The maximum absolute atomic E-state index is 13.7. The second-order valence-electron chi connectivity index (χ2n) is 4.62. The predicted molar refractivity (Wildman–Crippen MR) is 70.3 cm³/mol. The van der Waals surface area contributed by atoms with E-state index < -0.39 is 0 Å². The third-order valence-electron chi connectivity index (χ3n) is 2.61. The van der Waals surface area contributed by atoms with Crippen LogP contribution >= 0.6 is 0 Å². The van der Waals surface area contributed by atoms with Crippen LogP contribution in [0.4, 0.5) is 4.39 Å². The number of hydrogen-bond donors (Lipinski definition) is 1. The molecule has 0 fully saturated rings. The first kappa shape index (κ1) is 14.9. The Morgan fingerprint density at radius 3 is 2.61 bits per heavy atom. The minimum Gasteiger partial charge on any atom is -0.487 e. The number of hydrogen-bond acceptors (Lipinski definition) is 3. The molecule has 1 aromatic carbocycles. The Hall–Kier alpha value is -1.13. The van der Waals surface area contributed by atoms with Gasteiger partial charge in [0.2, 0.25) is 0 Å². The summed E-state index contributed by atoms with van der Waals surface area (Å²) in [6.45, 7) is 6.91. The fourth-order valence-electron chi connectivity index (χ4n) is 1.44. The highest BCUT2D eigenvalue weighted by Gasteiger charge is 2.11. The zero-order valence-corrected chi connectivity index (χ0v) is 11.5. The van der Waals surface area contributed by atoms with Crippen molar-refractivity contribution in [3.8, 4) is 5.75 Å².